The third-order valence-corrected chi connectivity index (χ3v) is 4.74. The summed E-state index contributed by atoms with van der Waals surface area (Å²) >= 11 is 0. The molecule has 0 aliphatic carbocycles. The lowest BCUT2D eigenvalue weighted by Crippen LogP contribution is -2.07. The van der Waals surface area contributed by atoms with E-state index in [1.54, 1.807) is 0 Å². The molecule has 0 saturated carbocycles. The molecule has 0 bridgehead atoms. The Balaban J connectivity index is 1.65. The highest BCUT2D eigenvalue weighted by molar-refractivity contribution is 5.87. The van der Waals surface area contributed by atoms with Gasteiger partial charge in [0.2, 0.25) is 0 Å². The molecule has 1 aliphatic heterocycles. The van der Waals surface area contributed by atoms with E-state index in [0.717, 1.165) is 46.0 Å². The minimum Gasteiger partial charge on any atom is -0.453 e. The van der Waals surface area contributed by atoms with Gasteiger partial charge in [-0.2, -0.15) is 0 Å². The Labute approximate surface area is 152 Å². The van der Waals surface area contributed by atoms with E-state index < -0.39 is 0 Å². The van der Waals surface area contributed by atoms with Crippen molar-refractivity contribution in [3.8, 4) is 17.2 Å². The average Bonchev–Trinajstić information content (AvgIpc) is 3.08. The molecule has 0 fully saturated rings. The highest BCUT2D eigenvalue weighted by Gasteiger charge is 2.23. The van der Waals surface area contributed by atoms with Crippen molar-refractivity contribution in [3.63, 3.8) is 0 Å². The summed E-state index contributed by atoms with van der Waals surface area (Å²) in [6, 6.07) is 22.7. The SMILES string of the molecule is CCc1nc2cccc3c2n1-c1cc(/C=C/c2ccccc2)ccc1O3. The fourth-order valence-electron chi connectivity index (χ4n) is 3.50. The maximum absolute atomic E-state index is 6.14. The van der Waals surface area contributed by atoms with Gasteiger partial charge in [0.25, 0.3) is 0 Å². The van der Waals surface area contributed by atoms with E-state index in [9.17, 15) is 0 Å². The number of aryl methyl sites for hydroxylation is 1. The molecule has 0 spiro atoms. The summed E-state index contributed by atoms with van der Waals surface area (Å²) in [6.45, 7) is 2.14. The van der Waals surface area contributed by atoms with Crippen LogP contribution in [0.2, 0.25) is 0 Å². The topological polar surface area (TPSA) is 27.1 Å². The average molecular weight is 338 g/mol. The van der Waals surface area contributed by atoms with Gasteiger partial charge >= 0.3 is 0 Å². The van der Waals surface area contributed by atoms with E-state index in [1.807, 2.05) is 42.5 Å². The predicted molar refractivity (Wildman–Crippen MR) is 106 cm³/mol. The van der Waals surface area contributed by atoms with Gasteiger partial charge in [-0.25, -0.2) is 4.98 Å². The lowest BCUT2D eigenvalue weighted by Gasteiger charge is -2.21. The van der Waals surface area contributed by atoms with Crippen molar-refractivity contribution in [2.24, 2.45) is 0 Å². The quantitative estimate of drug-likeness (QED) is 0.385. The van der Waals surface area contributed by atoms with Crippen LogP contribution < -0.4 is 4.74 Å². The van der Waals surface area contributed by atoms with E-state index in [1.165, 1.54) is 5.56 Å². The fourth-order valence-corrected chi connectivity index (χ4v) is 3.50. The molecule has 2 heterocycles. The standard InChI is InChI=1S/C23H18N2O/c1-2-22-24-18-9-6-10-21-23(18)25(22)19-15-17(13-14-20(19)26-21)12-11-16-7-4-3-5-8-16/h3-15H,2H2,1H3/b12-11+. The molecule has 3 aromatic carbocycles. The second-order valence-electron chi connectivity index (χ2n) is 6.41. The van der Waals surface area contributed by atoms with Crippen LogP contribution in [0.15, 0.2) is 66.7 Å². The molecular formula is C23H18N2O. The van der Waals surface area contributed by atoms with Gasteiger partial charge in [0, 0.05) is 6.42 Å². The maximum Gasteiger partial charge on any atom is 0.153 e. The molecule has 1 aromatic heterocycles. The summed E-state index contributed by atoms with van der Waals surface area (Å²) in [4.78, 5) is 4.79. The number of para-hydroxylation sites is 1. The summed E-state index contributed by atoms with van der Waals surface area (Å²) in [5, 5.41) is 0. The van der Waals surface area contributed by atoms with Crippen LogP contribution >= 0.6 is 0 Å². The zero-order chi connectivity index (χ0) is 17.5. The van der Waals surface area contributed by atoms with Gasteiger partial charge in [-0.15, -0.1) is 0 Å². The first-order valence-electron chi connectivity index (χ1n) is 8.89. The number of fused-ring (bicyclic) bond motifs is 2. The Morgan fingerprint density at radius 2 is 1.73 bits per heavy atom. The second kappa shape index (κ2) is 5.88. The minimum absolute atomic E-state index is 0.870. The van der Waals surface area contributed by atoms with Crippen LogP contribution in [0.3, 0.4) is 0 Å². The van der Waals surface area contributed by atoms with Gasteiger partial charge in [0.1, 0.15) is 11.3 Å². The van der Waals surface area contributed by atoms with Crippen LogP contribution in [0.25, 0.3) is 28.9 Å². The van der Waals surface area contributed by atoms with E-state index >= 15 is 0 Å². The maximum atomic E-state index is 6.14. The van der Waals surface area contributed by atoms with Crippen molar-refractivity contribution in [1.29, 1.82) is 0 Å². The molecule has 0 saturated heterocycles. The summed E-state index contributed by atoms with van der Waals surface area (Å²) in [5.41, 5.74) is 5.42. The summed E-state index contributed by atoms with van der Waals surface area (Å²) < 4.78 is 8.38. The number of ether oxygens (including phenoxy) is 1. The van der Waals surface area contributed by atoms with Gasteiger partial charge in [-0.1, -0.05) is 61.5 Å². The molecule has 0 atom stereocenters. The van der Waals surface area contributed by atoms with Crippen LogP contribution in [0, 0.1) is 0 Å². The van der Waals surface area contributed by atoms with Crippen LogP contribution in [0.4, 0.5) is 0 Å². The number of nitrogens with zero attached hydrogens (tertiary/aromatic N) is 2. The van der Waals surface area contributed by atoms with E-state index in [2.05, 4.69) is 47.9 Å². The molecule has 0 N–H and O–H groups in total. The molecule has 0 radical (unpaired) electrons. The van der Waals surface area contributed by atoms with Gasteiger partial charge in [-0.3, -0.25) is 4.57 Å². The Kier molecular flexibility index (Phi) is 3.39. The van der Waals surface area contributed by atoms with Gasteiger partial charge in [-0.05, 0) is 35.4 Å². The van der Waals surface area contributed by atoms with Crippen LogP contribution in [0.5, 0.6) is 11.5 Å². The lowest BCUT2D eigenvalue weighted by atomic mass is 10.1. The monoisotopic (exact) mass is 338 g/mol. The summed E-state index contributed by atoms with van der Waals surface area (Å²) in [7, 11) is 0. The van der Waals surface area contributed by atoms with Crippen molar-refractivity contribution < 1.29 is 4.74 Å². The van der Waals surface area contributed by atoms with Crippen molar-refractivity contribution >= 4 is 23.2 Å². The van der Waals surface area contributed by atoms with Crippen molar-refractivity contribution in [2.75, 3.05) is 0 Å². The minimum atomic E-state index is 0.870. The highest BCUT2D eigenvalue weighted by Crippen LogP contribution is 2.41. The number of hydrogen-bond acceptors (Lipinski definition) is 2. The van der Waals surface area contributed by atoms with E-state index in [0.29, 0.717) is 0 Å². The third-order valence-electron chi connectivity index (χ3n) is 4.74. The smallest absolute Gasteiger partial charge is 0.153 e. The first-order valence-corrected chi connectivity index (χ1v) is 8.89. The predicted octanol–water partition coefficient (Wildman–Crippen LogP) is 5.86. The molecule has 5 rings (SSSR count). The third kappa shape index (κ3) is 2.32. The molecule has 3 nitrogen and oxygen atoms in total. The molecule has 0 unspecified atom stereocenters. The first-order chi connectivity index (χ1) is 12.8. The van der Waals surface area contributed by atoms with Crippen molar-refractivity contribution in [3.05, 3.63) is 83.7 Å². The molecule has 4 aromatic rings. The molecule has 0 amide bonds. The van der Waals surface area contributed by atoms with Gasteiger partial charge in [0.05, 0.1) is 11.2 Å². The number of benzene rings is 3. The second-order valence-corrected chi connectivity index (χ2v) is 6.41. The number of rotatable bonds is 3. The molecule has 1 aliphatic rings. The normalized spacial score (nSPS) is 12.3. The number of aromatic nitrogens is 2. The summed E-state index contributed by atoms with van der Waals surface area (Å²) in [5.74, 6) is 2.80. The summed E-state index contributed by atoms with van der Waals surface area (Å²) in [6.07, 6.45) is 5.14. The zero-order valence-electron chi connectivity index (χ0n) is 14.5. The largest absolute Gasteiger partial charge is 0.453 e. The molecule has 3 heteroatoms. The van der Waals surface area contributed by atoms with Crippen molar-refractivity contribution in [2.45, 2.75) is 13.3 Å². The molecule has 126 valence electrons. The zero-order valence-corrected chi connectivity index (χ0v) is 14.5. The van der Waals surface area contributed by atoms with Gasteiger partial charge in [0.15, 0.2) is 11.5 Å². The fraction of sp³-hybridized carbons (Fsp3) is 0.0870. The van der Waals surface area contributed by atoms with Gasteiger partial charge < -0.3 is 4.74 Å². The highest BCUT2D eigenvalue weighted by atomic mass is 16.5. The molecule has 26 heavy (non-hydrogen) atoms. The lowest BCUT2D eigenvalue weighted by molar-refractivity contribution is 0.474. The number of hydrogen-bond donors (Lipinski definition) is 0. The Morgan fingerprint density at radius 1 is 0.885 bits per heavy atom. The van der Waals surface area contributed by atoms with Crippen LogP contribution in [-0.2, 0) is 6.42 Å². The van der Waals surface area contributed by atoms with E-state index in [-0.39, 0.29) is 0 Å². The first kappa shape index (κ1) is 15.0. The Hall–Kier alpha value is -3.33. The van der Waals surface area contributed by atoms with Crippen LogP contribution in [-0.4, -0.2) is 9.55 Å². The Bertz CT molecular complexity index is 1140. The Morgan fingerprint density at radius 3 is 2.58 bits per heavy atom. The van der Waals surface area contributed by atoms with Crippen molar-refractivity contribution in [1.82, 2.24) is 9.55 Å². The van der Waals surface area contributed by atoms with Crippen LogP contribution in [0.1, 0.15) is 23.9 Å². The number of imidazole rings is 1. The molecular weight excluding hydrogens is 320 g/mol. The van der Waals surface area contributed by atoms with E-state index in [4.69, 9.17) is 9.72 Å².